The molecule has 0 unspecified atom stereocenters. The Morgan fingerprint density at radius 2 is 2.00 bits per heavy atom. The molecule has 0 saturated carbocycles. The molecule has 1 aromatic carbocycles. The van der Waals surface area contributed by atoms with E-state index in [1.54, 1.807) is 6.92 Å². The van der Waals surface area contributed by atoms with Gasteiger partial charge in [-0.15, -0.1) is 0 Å². The zero-order valence-electron chi connectivity index (χ0n) is 9.63. The molecule has 94 valence electrons. The van der Waals surface area contributed by atoms with Gasteiger partial charge >= 0.3 is 5.97 Å². The second kappa shape index (κ2) is 6.96. The van der Waals surface area contributed by atoms with Crippen molar-refractivity contribution in [3.8, 4) is 0 Å². The number of ether oxygens (including phenoxy) is 1. The van der Waals surface area contributed by atoms with Gasteiger partial charge in [0.15, 0.2) is 0 Å². The lowest BCUT2D eigenvalue weighted by Gasteiger charge is -2.06. The maximum atomic E-state index is 13.2. The van der Waals surface area contributed by atoms with Crippen LogP contribution in [-0.4, -0.2) is 19.1 Å². The second-order valence-electron chi connectivity index (χ2n) is 3.43. The Kier molecular flexibility index (Phi) is 5.56. The Balaban J connectivity index is 2.34. The zero-order chi connectivity index (χ0) is 12.7. The fraction of sp³-hybridized carbons (Fsp3) is 0.417. The van der Waals surface area contributed by atoms with Crippen LogP contribution in [0.25, 0.3) is 0 Å². The highest BCUT2D eigenvalue weighted by molar-refractivity contribution is 5.69. The van der Waals surface area contributed by atoms with E-state index in [4.69, 9.17) is 4.74 Å². The van der Waals surface area contributed by atoms with E-state index in [0.29, 0.717) is 13.2 Å². The van der Waals surface area contributed by atoms with Gasteiger partial charge in [0.05, 0.1) is 13.0 Å². The minimum absolute atomic E-state index is 0.0173. The van der Waals surface area contributed by atoms with E-state index < -0.39 is 11.6 Å². The summed E-state index contributed by atoms with van der Waals surface area (Å²) in [4.78, 5) is 11.0. The predicted molar refractivity (Wildman–Crippen MR) is 59.3 cm³/mol. The molecule has 0 aliphatic rings. The molecule has 0 spiro atoms. The van der Waals surface area contributed by atoms with E-state index in [1.807, 2.05) is 0 Å². The van der Waals surface area contributed by atoms with E-state index in [1.165, 1.54) is 18.2 Å². The van der Waals surface area contributed by atoms with Crippen molar-refractivity contribution in [3.05, 3.63) is 35.4 Å². The largest absolute Gasteiger partial charge is 0.466 e. The van der Waals surface area contributed by atoms with Crippen molar-refractivity contribution >= 4 is 5.97 Å². The van der Waals surface area contributed by atoms with Gasteiger partial charge in [0.25, 0.3) is 0 Å². The highest BCUT2D eigenvalue weighted by Gasteiger charge is 2.07. The van der Waals surface area contributed by atoms with Gasteiger partial charge in [-0.05, 0) is 19.1 Å². The first kappa shape index (κ1) is 13.6. The van der Waals surface area contributed by atoms with E-state index in [2.05, 4.69) is 5.32 Å². The third-order valence-corrected chi connectivity index (χ3v) is 2.17. The molecule has 3 nitrogen and oxygen atoms in total. The summed E-state index contributed by atoms with van der Waals surface area (Å²) in [5, 5.41) is 2.79. The van der Waals surface area contributed by atoms with Crippen LogP contribution in [0.5, 0.6) is 0 Å². The molecule has 0 atom stereocenters. The molecule has 0 saturated heterocycles. The van der Waals surface area contributed by atoms with Crippen LogP contribution >= 0.6 is 0 Å². The van der Waals surface area contributed by atoms with Crippen LogP contribution in [0.1, 0.15) is 18.9 Å². The van der Waals surface area contributed by atoms with Crippen molar-refractivity contribution in [2.75, 3.05) is 13.2 Å². The summed E-state index contributed by atoms with van der Waals surface area (Å²) < 4.78 is 31.1. The minimum Gasteiger partial charge on any atom is -0.466 e. The van der Waals surface area contributed by atoms with Gasteiger partial charge in [-0.25, -0.2) is 8.78 Å². The summed E-state index contributed by atoms with van der Waals surface area (Å²) in [5.41, 5.74) is -0.0173. The van der Waals surface area contributed by atoms with Crippen LogP contribution in [0.3, 0.4) is 0 Å². The number of carbonyl (C=O) groups excluding carboxylic acids is 1. The summed E-state index contributed by atoms with van der Waals surface area (Å²) in [6.07, 6.45) is 0.184. The number of rotatable bonds is 6. The Hall–Kier alpha value is -1.49. The summed E-state index contributed by atoms with van der Waals surface area (Å²) in [7, 11) is 0. The molecule has 0 aliphatic heterocycles. The lowest BCUT2D eigenvalue weighted by molar-refractivity contribution is -0.142. The van der Waals surface area contributed by atoms with Crippen LogP contribution in [-0.2, 0) is 16.1 Å². The molecule has 1 rings (SSSR count). The SMILES string of the molecule is CCOC(=O)CCNCc1c(F)cccc1F. The molecule has 0 aromatic heterocycles. The fourth-order valence-corrected chi connectivity index (χ4v) is 1.34. The lowest BCUT2D eigenvalue weighted by atomic mass is 10.2. The van der Waals surface area contributed by atoms with Crippen molar-refractivity contribution in [1.29, 1.82) is 0 Å². The topological polar surface area (TPSA) is 38.3 Å². The van der Waals surface area contributed by atoms with Crippen LogP contribution in [0, 0.1) is 11.6 Å². The van der Waals surface area contributed by atoms with Crippen molar-refractivity contribution in [1.82, 2.24) is 5.32 Å². The fourth-order valence-electron chi connectivity index (χ4n) is 1.34. The Morgan fingerprint density at radius 1 is 1.35 bits per heavy atom. The van der Waals surface area contributed by atoms with E-state index >= 15 is 0 Å². The number of halogens is 2. The lowest BCUT2D eigenvalue weighted by Crippen LogP contribution is -2.20. The maximum Gasteiger partial charge on any atom is 0.307 e. The number of hydrogen-bond donors (Lipinski definition) is 1. The van der Waals surface area contributed by atoms with Gasteiger partial charge in [-0.3, -0.25) is 4.79 Å². The number of esters is 1. The average Bonchev–Trinajstić information content (AvgIpc) is 2.28. The number of benzene rings is 1. The van der Waals surface area contributed by atoms with Crippen LogP contribution < -0.4 is 5.32 Å². The quantitative estimate of drug-likeness (QED) is 0.613. The van der Waals surface area contributed by atoms with Crippen LogP contribution in [0.15, 0.2) is 18.2 Å². The molecule has 1 N–H and O–H groups in total. The standard InChI is InChI=1S/C12H15F2NO2/c1-2-17-12(16)6-7-15-8-9-10(13)4-3-5-11(9)14/h3-5,15H,2,6-8H2,1H3. The van der Waals surface area contributed by atoms with Gasteiger partial charge in [-0.2, -0.15) is 0 Å². The predicted octanol–water partition coefficient (Wildman–Crippen LogP) is 2.01. The van der Waals surface area contributed by atoms with Crippen molar-refractivity contribution in [3.63, 3.8) is 0 Å². The summed E-state index contributed by atoms with van der Waals surface area (Å²) in [6, 6.07) is 3.71. The third-order valence-electron chi connectivity index (χ3n) is 2.17. The Bertz CT molecular complexity index is 363. The molecule has 17 heavy (non-hydrogen) atoms. The van der Waals surface area contributed by atoms with Crippen LogP contribution in [0.4, 0.5) is 8.78 Å². The number of nitrogens with one attached hydrogen (secondary N) is 1. The van der Waals surface area contributed by atoms with Gasteiger partial charge < -0.3 is 10.1 Å². The highest BCUT2D eigenvalue weighted by atomic mass is 19.1. The molecule has 0 heterocycles. The van der Waals surface area contributed by atoms with Gasteiger partial charge in [0.1, 0.15) is 11.6 Å². The molecular weight excluding hydrogens is 228 g/mol. The van der Waals surface area contributed by atoms with Crippen molar-refractivity contribution < 1.29 is 18.3 Å². The second-order valence-corrected chi connectivity index (χ2v) is 3.43. The first-order chi connectivity index (χ1) is 8.15. The first-order valence-corrected chi connectivity index (χ1v) is 5.44. The number of carbonyl (C=O) groups is 1. The summed E-state index contributed by atoms with van der Waals surface area (Å²) in [6.45, 7) is 2.44. The van der Waals surface area contributed by atoms with Gasteiger partial charge in [0, 0.05) is 18.7 Å². The monoisotopic (exact) mass is 243 g/mol. The summed E-state index contributed by atoms with van der Waals surface area (Å²) >= 11 is 0. The van der Waals surface area contributed by atoms with Crippen molar-refractivity contribution in [2.45, 2.75) is 19.9 Å². The first-order valence-electron chi connectivity index (χ1n) is 5.44. The molecule has 0 bridgehead atoms. The highest BCUT2D eigenvalue weighted by Crippen LogP contribution is 2.11. The molecule has 0 aliphatic carbocycles. The van der Waals surface area contributed by atoms with Gasteiger partial charge in [0.2, 0.25) is 0 Å². The maximum absolute atomic E-state index is 13.2. The molecule has 5 heteroatoms. The van der Waals surface area contributed by atoms with Crippen molar-refractivity contribution in [2.24, 2.45) is 0 Å². The van der Waals surface area contributed by atoms with E-state index in [9.17, 15) is 13.6 Å². The smallest absolute Gasteiger partial charge is 0.307 e. The third kappa shape index (κ3) is 4.48. The average molecular weight is 243 g/mol. The minimum atomic E-state index is -0.589. The Morgan fingerprint density at radius 3 is 2.59 bits per heavy atom. The Labute approximate surface area is 98.8 Å². The van der Waals surface area contributed by atoms with Gasteiger partial charge in [-0.1, -0.05) is 6.07 Å². The molecule has 1 aromatic rings. The van der Waals surface area contributed by atoms with E-state index in [0.717, 1.165) is 0 Å². The van der Waals surface area contributed by atoms with Crippen LogP contribution in [0.2, 0.25) is 0 Å². The summed E-state index contributed by atoms with van der Waals surface area (Å²) in [5.74, 6) is -1.50. The molecule has 0 amide bonds. The van der Waals surface area contributed by atoms with E-state index in [-0.39, 0.29) is 24.5 Å². The normalized spacial score (nSPS) is 10.3. The number of hydrogen-bond acceptors (Lipinski definition) is 3. The molecule has 0 fully saturated rings. The molecule has 0 radical (unpaired) electrons. The molecular formula is C12H15F2NO2. The zero-order valence-corrected chi connectivity index (χ0v) is 9.63.